The Kier molecular flexibility index (Phi) is 7.32. The number of Topliss-reactive ketones (excluding diaryl/α,β-unsaturated/α-hetero) is 1. The Morgan fingerprint density at radius 1 is 0.929 bits per heavy atom. The Bertz CT molecular complexity index is 972. The number of hydrogen-bond donors (Lipinski definition) is 4. The Balaban J connectivity index is 0.00000196. The lowest BCUT2D eigenvalue weighted by atomic mass is 10.0. The lowest BCUT2D eigenvalue weighted by molar-refractivity contribution is 0.101. The summed E-state index contributed by atoms with van der Waals surface area (Å²) in [6, 6.07) is 11.8. The number of ketones is 1. The number of carbonyl (C=O) groups is 1. The van der Waals surface area contributed by atoms with Crippen molar-refractivity contribution in [3.8, 4) is 11.1 Å². The van der Waals surface area contributed by atoms with Crippen LogP contribution >= 0.6 is 24.8 Å². The molecule has 9 heteroatoms. The maximum Gasteiger partial charge on any atom is 0.216 e. The summed E-state index contributed by atoms with van der Waals surface area (Å²) in [5.74, 6) is -0.773. The second-order valence-corrected chi connectivity index (χ2v) is 6.24. The SMILES string of the molecule is CC(=O)c1ccc2c(c1)Cc1cc(C(C)=NN(C(=N)N)C(=N)N)ccc1-2.Cl.Cl. The van der Waals surface area contributed by atoms with Crippen LogP contribution in [0.5, 0.6) is 0 Å². The van der Waals surface area contributed by atoms with Crippen molar-refractivity contribution in [2.45, 2.75) is 20.3 Å². The van der Waals surface area contributed by atoms with Crippen molar-refractivity contribution in [3.05, 3.63) is 58.7 Å². The normalized spacial score (nSPS) is 11.4. The molecule has 0 saturated heterocycles. The highest BCUT2D eigenvalue weighted by molar-refractivity contribution is 6.03. The van der Waals surface area contributed by atoms with Gasteiger partial charge in [0.1, 0.15) is 0 Å². The van der Waals surface area contributed by atoms with E-state index in [0.29, 0.717) is 11.3 Å². The largest absolute Gasteiger partial charge is 0.368 e. The van der Waals surface area contributed by atoms with Gasteiger partial charge in [-0.15, -0.1) is 24.8 Å². The number of hydrogen-bond acceptors (Lipinski definition) is 4. The minimum Gasteiger partial charge on any atom is -0.368 e. The highest BCUT2D eigenvalue weighted by Gasteiger charge is 2.20. The molecule has 2 aromatic carbocycles. The van der Waals surface area contributed by atoms with Gasteiger partial charge in [0.05, 0.1) is 5.71 Å². The van der Waals surface area contributed by atoms with Crippen LogP contribution in [0.1, 0.15) is 40.9 Å². The fourth-order valence-corrected chi connectivity index (χ4v) is 3.10. The number of rotatable bonds is 3. The quantitative estimate of drug-likeness (QED) is 0.224. The minimum atomic E-state index is -0.415. The lowest BCUT2D eigenvalue weighted by Gasteiger charge is -2.15. The standard InChI is InChI=1S/C19H20N6O.2ClH/c1-10(24-25(18(20)21)19(22)23)12-3-5-16-14(7-12)9-15-8-13(11(2)26)4-6-17(15)16;;/h3-8H,9H2,1-2H3,(H3,20,21)(H3,22,23);2*1H. The van der Waals surface area contributed by atoms with Crippen molar-refractivity contribution < 1.29 is 4.79 Å². The molecular weight excluding hydrogens is 399 g/mol. The van der Waals surface area contributed by atoms with E-state index in [1.165, 1.54) is 0 Å². The molecule has 0 spiro atoms. The molecule has 0 heterocycles. The second kappa shape index (κ2) is 8.86. The number of nitrogens with zero attached hydrogens (tertiary/aromatic N) is 2. The third-order valence-corrected chi connectivity index (χ3v) is 4.41. The van der Waals surface area contributed by atoms with Crippen LogP contribution < -0.4 is 11.5 Å². The summed E-state index contributed by atoms with van der Waals surface area (Å²) in [5.41, 5.74) is 17.5. The van der Waals surface area contributed by atoms with Crippen LogP contribution in [0.3, 0.4) is 0 Å². The third-order valence-electron chi connectivity index (χ3n) is 4.41. The highest BCUT2D eigenvalue weighted by atomic mass is 35.5. The molecule has 0 saturated carbocycles. The molecular formula is C19H22Cl2N6O. The summed E-state index contributed by atoms with van der Waals surface area (Å²) in [6.07, 6.45) is 0.746. The molecule has 0 radical (unpaired) electrons. The van der Waals surface area contributed by atoms with E-state index in [9.17, 15) is 4.79 Å². The molecule has 0 atom stereocenters. The first kappa shape index (κ1) is 23.1. The average Bonchev–Trinajstić information content (AvgIpc) is 2.95. The fourth-order valence-electron chi connectivity index (χ4n) is 3.10. The number of nitrogens with two attached hydrogens (primary N) is 2. The summed E-state index contributed by atoms with van der Waals surface area (Å²) in [7, 11) is 0. The zero-order valence-electron chi connectivity index (χ0n) is 15.4. The Labute approximate surface area is 175 Å². The van der Waals surface area contributed by atoms with Gasteiger partial charge in [0.25, 0.3) is 0 Å². The number of fused-ring (bicyclic) bond motifs is 3. The van der Waals surface area contributed by atoms with Crippen molar-refractivity contribution in [1.82, 2.24) is 5.01 Å². The molecule has 0 amide bonds. The van der Waals surface area contributed by atoms with Gasteiger partial charge in [-0.3, -0.25) is 15.6 Å². The Morgan fingerprint density at radius 2 is 1.39 bits per heavy atom. The number of halogens is 2. The number of carbonyl (C=O) groups excluding carboxylic acids is 1. The molecule has 1 aliphatic rings. The predicted molar refractivity (Wildman–Crippen MR) is 117 cm³/mol. The van der Waals surface area contributed by atoms with Crippen LogP contribution in [-0.2, 0) is 6.42 Å². The highest BCUT2D eigenvalue weighted by Crippen LogP contribution is 2.37. The van der Waals surface area contributed by atoms with Crippen molar-refractivity contribution >= 4 is 48.2 Å². The topological polar surface area (TPSA) is 132 Å². The number of guanidine groups is 2. The predicted octanol–water partition coefficient (Wildman–Crippen LogP) is 3.12. The monoisotopic (exact) mass is 420 g/mol. The van der Waals surface area contributed by atoms with Crippen LogP contribution in [0.15, 0.2) is 41.5 Å². The summed E-state index contributed by atoms with van der Waals surface area (Å²) >= 11 is 0. The molecule has 2 aromatic rings. The first-order valence-corrected chi connectivity index (χ1v) is 8.09. The Morgan fingerprint density at radius 3 is 1.86 bits per heavy atom. The van der Waals surface area contributed by atoms with Gasteiger partial charge in [-0.25, -0.2) is 0 Å². The van der Waals surface area contributed by atoms with Crippen LogP contribution in [0, 0.1) is 10.8 Å². The summed E-state index contributed by atoms with van der Waals surface area (Å²) < 4.78 is 0. The van der Waals surface area contributed by atoms with Crippen molar-refractivity contribution in [2.24, 2.45) is 16.6 Å². The van der Waals surface area contributed by atoms with E-state index in [-0.39, 0.29) is 30.6 Å². The second-order valence-electron chi connectivity index (χ2n) is 6.24. The van der Waals surface area contributed by atoms with Crippen LogP contribution in [0.25, 0.3) is 11.1 Å². The zero-order chi connectivity index (χ0) is 19.0. The first-order chi connectivity index (χ1) is 12.3. The van der Waals surface area contributed by atoms with Gasteiger partial charge < -0.3 is 11.5 Å². The number of nitrogens with one attached hydrogen (secondary N) is 2. The Hall–Kier alpha value is -2.90. The van der Waals surface area contributed by atoms with E-state index in [1.807, 2.05) is 36.4 Å². The molecule has 0 aromatic heterocycles. The van der Waals surface area contributed by atoms with Gasteiger partial charge in [0, 0.05) is 5.56 Å². The van der Waals surface area contributed by atoms with Gasteiger partial charge in [-0.05, 0) is 60.2 Å². The molecule has 7 nitrogen and oxygen atoms in total. The van der Waals surface area contributed by atoms with Crippen molar-refractivity contribution in [2.75, 3.05) is 0 Å². The molecule has 3 rings (SSSR count). The van der Waals surface area contributed by atoms with Gasteiger partial charge in [0.15, 0.2) is 5.78 Å². The average molecular weight is 421 g/mol. The number of hydrazone groups is 1. The van der Waals surface area contributed by atoms with Gasteiger partial charge in [0.2, 0.25) is 11.9 Å². The van der Waals surface area contributed by atoms with Gasteiger partial charge in [-0.1, -0.05) is 24.3 Å². The van der Waals surface area contributed by atoms with Crippen LogP contribution in [0.2, 0.25) is 0 Å². The molecule has 0 unspecified atom stereocenters. The third kappa shape index (κ3) is 4.32. The fraction of sp³-hybridized carbons (Fsp3) is 0.158. The first-order valence-electron chi connectivity index (χ1n) is 8.09. The van der Waals surface area contributed by atoms with E-state index in [0.717, 1.165) is 39.2 Å². The maximum absolute atomic E-state index is 11.6. The molecule has 148 valence electrons. The maximum atomic E-state index is 11.6. The van der Waals surface area contributed by atoms with Crippen LogP contribution in [-0.4, -0.2) is 28.4 Å². The molecule has 28 heavy (non-hydrogen) atoms. The number of benzene rings is 2. The van der Waals surface area contributed by atoms with E-state index < -0.39 is 11.9 Å². The molecule has 0 aliphatic heterocycles. The summed E-state index contributed by atoms with van der Waals surface area (Å²) in [4.78, 5) is 11.6. The lowest BCUT2D eigenvalue weighted by Crippen LogP contribution is -2.41. The van der Waals surface area contributed by atoms with E-state index in [2.05, 4.69) is 5.10 Å². The van der Waals surface area contributed by atoms with E-state index in [1.54, 1.807) is 13.8 Å². The van der Waals surface area contributed by atoms with Gasteiger partial charge >= 0.3 is 0 Å². The van der Waals surface area contributed by atoms with Crippen molar-refractivity contribution in [3.63, 3.8) is 0 Å². The zero-order valence-corrected chi connectivity index (χ0v) is 17.1. The van der Waals surface area contributed by atoms with E-state index >= 15 is 0 Å². The van der Waals surface area contributed by atoms with Gasteiger partial charge in [-0.2, -0.15) is 10.1 Å². The molecule has 0 bridgehead atoms. The summed E-state index contributed by atoms with van der Waals surface area (Å²) in [5, 5.41) is 19.9. The minimum absolute atomic E-state index is 0. The van der Waals surface area contributed by atoms with Crippen molar-refractivity contribution in [1.29, 1.82) is 10.8 Å². The molecule has 6 N–H and O–H groups in total. The molecule has 0 fully saturated rings. The van der Waals surface area contributed by atoms with E-state index in [4.69, 9.17) is 22.3 Å². The van der Waals surface area contributed by atoms with Crippen LogP contribution in [0.4, 0.5) is 0 Å². The smallest absolute Gasteiger partial charge is 0.216 e. The molecule has 1 aliphatic carbocycles. The summed E-state index contributed by atoms with van der Waals surface area (Å²) in [6.45, 7) is 3.34.